The van der Waals surface area contributed by atoms with Gasteiger partial charge in [0.15, 0.2) is 0 Å². The summed E-state index contributed by atoms with van der Waals surface area (Å²) in [7, 11) is 0. The van der Waals surface area contributed by atoms with E-state index in [0.717, 1.165) is 5.56 Å². The maximum atomic E-state index is 13.1. The molecule has 0 aliphatic rings. The second-order valence-corrected chi connectivity index (χ2v) is 6.54. The van der Waals surface area contributed by atoms with Gasteiger partial charge in [-0.1, -0.05) is 60.7 Å². The van der Waals surface area contributed by atoms with Crippen molar-refractivity contribution in [3.63, 3.8) is 0 Å². The summed E-state index contributed by atoms with van der Waals surface area (Å²) in [5, 5.41) is 0.537. The van der Waals surface area contributed by atoms with Crippen LogP contribution in [0.2, 0.25) is 0 Å². The zero-order valence-electron chi connectivity index (χ0n) is 15.2. The number of nitrogens with one attached hydrogen (secondary N) is 1. The molecule has 1 amide bonds. The van der Waals surface area contributed by atoms with Crippen LogP contribution in [-0.2, 0) is 13.1 Å². The molecule has 1 N–H and O–H groups in total. The Labute approximate surface area is 162 Å². The number of nitrogens with zero attached hydrogens (tertiary/aromatic N) is 2. The first-order valence-corrected chi connectivity index (χ1v) is 9.07. The number of carbonyl (C=O) groups excluding carboxylic acids is 1. The van der Waals surface area contributed by atoms with Crippen LogP contribution in [0.1, 0.15) is 21.7 Å². The number of aromatic nitrogens is 2. The van der Waals surface area contributed by atoms with E-state index in [-0.39, 0.29) is 18.0 Å². The molecule has 0 saturated carbocycles. The van der Waals surface area contributed by atoms with E-state index >= 15 is 0 Å². The molecular formula is C23H19N3O2. The van der Waals surface area contributed by atoms with Crippen molar-refractivity contribution in [1.29, 1.82) is 0 Å². The van der Waals surface area contributed by atoms with Gasteiger partial charge < -0.3 is 9.88 Å². The Kier molecular flexibility index (Phi) is 4.97. The zero-order valence-corrected chi connectivity index (χ0v) is 15.2. The number of rotatable bonds is 5. The van der Waals surface area contributed by atoms with Crippen LogP contribution in [0.25, 0.3) is 10.9 Å². The standard InChI is InChI=1S/C23H19N3O2/c27-22-19-13-7-8-14-20(19)24-21(25-22)16-26(15-17-9-3-1-4-10-17)23(28)18-11-5-2-6-12-18/h1-14H,15-16H2,(H,24,25,27). The molecule has 3 aromatic carbocycles. The van der Waals surface area contributed by atoms with Gasteiger partial charge in [0.2, 0.25) is 0 Å². The Bertz CT molecular complexity index is 1150. The molecule has 1 heterocycles. The highest BCUT2D eigenvalue weighted by molar-refractivity contribution is 5.94. The molecule has 0 unspecified atom stereocenters. The van der Waals surface area contributed by atoms with Crippen LogP contribution in [0.5, 0.6) is 0 Å². The summed E-state index contributed by atoms with van der Waals surface area (Å²) in [6.45, 7) is 0.633. The number of fused-ring (bicyclic) bond motifs is 1. The molecular weight excluding hydrogens is 350 g/mol. The molecule has 0 atom stereocenters. The third-order valence-electron chi connectivity index (χ3n) is 4.53. The lowest BCUT2D eigenvalue weighted by Gasteiger charge is -2.22. The van der Waals surface area contributed by atoms with Crippen molar-refractivity contribution in [3.05, 3.63) is 112 Å². The first-order valence-electron chi connectivity index (χ1n) is 9.07. The van der Waals surface area contributed by atoms with Crippen molar-refractivity contribution in [2.24, 2.45) is 0 Å². The lowest BCUT2D eigenvalue weighted by atomic mass is 10.1. The number of benzene rings is 3. The number of aromatic amines is 1. The van der Waals surface area contributed by atoms with Crippen LogP contribution in [0.15, 0.2) is 89.7 Å². The lowest BCUT2D eigenvalue weighted by molar-refractivity contribution is 0.0725. The molecule has 0 aliphatic carbocycles. The largest absolute Gasteiger partial charge is 0.327 e. The number of hydrogen-bond acceptors (Lipinski definition) is 3. The van der Waals surface area contributed by atoms with Gasteiger partial charge in [-0.3, -0.25) is 9.59 Å². The van der Waals surface area contributed by atoms with Crippen LogP contribution in [0.4, 0.5) is 0 Å². The number of amides is 1. The monoisotopic (exact) mass is 369 g/mol. The van der Waals surface area contributed by atoms with Gasteiger partial charge in [0.05, 0.1) is 17.4 Å². The van der Waals surface area contributed by atoms with Crippen LogP contribution in [0.3, 0.4) is 0 Å². The summed E-state index contributed by atoms with van der Waals surface area (Å²) in [5.41, 5.74) is 2.02. The van der Waals surface area contributed by atoms with Gasteiger partial charge in [-0.25, -0.2) is 4.98 Å². The van der Waals surface area contributed by atoms with E-state index in [2.05, 4.69) is 9.97 Å². The number of H-pyrrole nitrogens is 1. The molecule has 0 fully saturated rings. The van der Waals surface area contributed by atoms with Crippen molar-refractivity contribution in [2.75, 3.05) is 0 Å². The maximum absolute atomic E-state index is 13.1. The molecule has 138 valence electrons. The predicted molar refractivity (Wildman–Crippen MR) is 109 cm³/mol. The summed E-state index contributed by atoms with van der Waals surface area (Å²) in [6.07, 6.45) is 0. The topological polar surface area (TPSA) is 66.1 Å². The van der Waals surface area contributed by atoms with Gasteiger partial charge in [0.1, 0.15) is 5.82 Å². The van der Waals surface area contributed by atoms with E-state index in [0.29, 0.717) is 28.8 Å². The van der Waals surface area contributed by atoms with E-state index in [1.165, 1.54) is 0 Å². The maximum Gasteiger partial charge on any atom is 0.258 e. The Balaban J connectivity index is 1.69. The second kappa shape index (κ2) is 7.88. The molecule has 4 rings (SSSR count). The highest BCUT2D eigenvalue weighted by Crippen LogP contribution is 2.14. The quantitative estimate of drug-likeness (QED) is 0.582. The lowest BCUT2D eigenvalue weighted by Crippen LogP contribution is -2.31. The molecule has 5 heteroatoms. The zero-order chi connectivity index (χ0) is 19.3. The predicted octanol–water partition coefficient (Wildman–Crippen LogP) is 3.77. The number of carbonyl (C=O) groups is 1. The molecule has 0 saturated heterocycles. The van der Waals surface area contributed by atoms with Crippen molar-refractivity contribution >= 4 is 16.8 Å². The highest BCUT2D eigenvalue weighted by Gasteiger charge is 2.18. The normalized spacial score (nSPS) is 10.7. The Morgan fingerprint density at radius 3 is 2.21 bits per heavy atom. The minimum atomic E-state index is -0.201. The number of hydrogen-bond donors (Lipinski definition) is 1. The molecule has 0 bridgehead atoms. The average Bonchev–Trinajstić information content (AvgIpc) is 2.74. The van der Waals surface area contributed by atoms with E-state index in [4.69, 9.17) is 0 Å². The summed E-state index contributed by atoms with van der Waals surface area (Å²) < 4.78 is 0. The molecule has 4 aromatic rings. The molecule has 1 aromatic heterocycles. The molecule has 0 spiro atoms. The minimum absolute atomic E-state index is 0.111. The number of para-hydroxylation sites is 1. The van der Waals surface area contributed by atoms with Crippen molar-refractivity contribution < 1.29 is 4.79 Å². The summed E-state index contributed by atoms with van der Waals surface area (Å²) in [6, 6.07) is 26.1. The smallest absolute Gasteiger partial charge is 0.258 e. The third-order valence-corrected chi connectivity index (χ3v) is 4.53. The fourth-order valence-corrected chi connectivity index (χ4v) is 3.16. The first-order chi connectivity index (χ1) is 13.7. The minimum Gasteiger partial charge on any atom is -0.327 e. The van der Waals surface area contributed by atoms with Crippen LogP contribution in [-0.4, -0.2) is 20.8 Å². The first kappa shape index (κ1) is 17.7. The average molecular weight is 369 g/mol. The van der Waals surface area contributed by atoms with Crippen molar-refractivity contribution in [1.82, 2.24) is 14.9 Å². The van der Waals surface area contributed by atoms with Gasteiger partial charge in [-0.15, -0.1) is 0 Å². The highest BCUT2D eigenvalue weighted by atomic mass is 16.2. The van der Waals surface area contributed by atoms with Gasteiger partial charge in [-0.05, 0) is 29.8 Å². The molecule has 0 aliphatic heterocycles. The Hall–Kier alpha value is -3.73. The van der Waals surface area contributed by atoms with Gasteiger partial charge in [-0.2, -0.15) is 0 Å². The fraction of sp³-hybridized carbons (Fsp3) is 0.0870. The molecule has 28 heavy (non-hydrogen) atoms. The van der Waals surface area contributed by atoms with Gasteiger partial charge in [0, 0.05) is 12.1 Å². The molecule has 5 nitrogen and oxygen atoms in total. The summed E-state index contributed by atoms with van der Waals surface area (Å²) in [5.74, 6) is 0.351. The fourth-order valence-electron chi connectivity index (χ4n) is 3.16. The van der Waals surface area contributed by atoms with Crippen LogP contribution in [0, 0.1) is 0 Å². The van der Waals surface area contributed by atoms with Crippen LogP contribution >= 0.6 is 0 Å². The van der Waals surface area contributed by atoms with E-state index in [1.54, 1.807) is 35.2 Å². The van der Waals surface area contributed by atoms with E-state index in [1.807, 2.05) is 54.6 Å². The SMILES string of the molecule is O=C(c1ccccc1)N(Cc1ccccc1)Cc1nc2ccccc2c(=O)[nH]1. The molecule has 0 radical (unpaired) electrons. The van der Waals surface area contributed by atoms with Gasteiger partial charge in [0.25, 0.3) is 11.5 Å². The van der Waals surface area contributed by atoms with Crippen molar-refractivity contribution in [3.8, 4) is 0 Å². The Morgan fingerprint density at radius 2 is 1.46 bits per heavy atom. The Morgan fingerprint density at radius 1 is 0.821 bits per heavy atom. The summed E-state index contributed by atoms with van der Waals surface area (Å²) >= 11 is 0. The van der Waals surface area contributed by atoms with Gasteiger partial charge >= 0.3 is 0 Å². The summed E-state index contributed by atoms with van der Waals surface area (Å²) in [4.78, 5) is 34.5. The second-order valence-electron chi connectivity index (χ2n) is 6.54. The van der Waals surface area contributed by atoms with E-state index in [9.17, 15) is 9.59 Å². The van der Waals surface area contributed by atoms with E-state index < -0.39 is 0 Å². The van der Waals surface area contributed by atoms with Crippen molar-refractivity contribution in [2.45, 2.75) is 13.1 Å². The van der Waals surface area contributed by atoms with Crippen LogP contribution < -0.4 is 5.56 Å². The third kappa shape index (κ3) is 3.83.